The Morgan fingerprint density at radius 1 is 0.925 bits per heavy atom. The molecule has 0 aliphatic heterocycles. The molecule has 0 fully saturated rings. The van der Waals surface area contributed by atoms with Crippen molar-refractivity contribution in [3.05, 3.63) is 90.1 Å². The zero-order valence-electron chi connectivity index (χ0n) is 23.8. The van der Waals surface area contributed by atoms with Crippen LogP contribution in [-0.4, -0.2) is 46.3 Å². The Labute approximate surface area is 236 Å². The van der Waals surface area contributed by atoms with Crippen molar-refractivity contribution in [1.29, 1.82) is 0 Å². The van der Waals surface area contributed by atoms with Gasteiger partial charge in [-0.2, -0.15) is 5.10 Å². The summed E-state index contributed by atoms with van der Waals surface area (Å²) < 4.78 is 7.23. The molecule has 3 aromatic carbocycles. The number of aromatic nitrogens is 2. The van der Waals surface area contributed by atoms with Gasteiger partial charge >= 0.3 is 6.03 Å². The Balaban J connectivity index is 1.59. The first-order chi connectivity index (χ1) is 19.2. The van der Waals surface area contributed by atoms with E-state index in [2.05, 4.69) is 10.6 Å². The Bertz CT molecular complexity index is 1430. The Hall–Kier alpha value is -4.59. The van der Waals surface area contributed by atoms with Crippen molar-refractivity contribution in [1.82, 2.24) is 14.7 Å². The summed E-state index contributed by atoms with van der Waals surface area (Å²) in [6.07, 6.45) is 0. The molecule has 0 aliphatic rings. The second-order valence-electron chi connectivity index (χ2n) is 10.1. The number of nitrogens with one attached hydrogen (secondary N) is 2. The smallest absolute Gasteiger partial charge is 0.322 e. The molecule has 0 bridgehead atoms. The molecule has 1 heterocycles. The van der Waals surface area contributed by atoms with E-state index in [0.717, 1.165) is 33.8 Å². The zero-order valence-corrected chi connectivity index (χ0v) is 23.8. The molecule has 0 radical (unpaired) electrons. The number of amides is 3. The van der Waals surface area contributed by atoms with Gasteiger partial charge in [0.1, 0.15) is 18.1 Å². The highest BCUT2D eigenvalue weighted by atomic mass is 16.5. The highest BCUT2D eigenvalue weighted by Gasteiger charge is 2.23. The fraction of sp³-hybridized carbons (Fsp3) is 0.281. The molecule has 4 rings (SSSR count). The summed E-state index contributed by atoms with van der Waals surface area (Å²) in [5.74, 6) is 1.15. The van der Waals surface area contributed by atoms with Crippen LogP contribution in [0.25, 0.3) is 16.8 Å². The molecule has 8 heteroatoms. The average molecular weight is 540 g/mol. The number of carbonyl (C=O) groups is 2. The van der Waals surface area contributed by atoms with Gasteiger partial charge in [-0.3, -0.25) is 4.79 Å². The molecule has 8 nitrogen and oxygen atoms in total. The summed E-state index contributed by atoms with van der Waals surface area (Å²) in [6.45, 7) is 10.8. The molecule has 0 saturated heterocycles. The average Bonchev–Trinajstić information content (AvgIpc) is 3.25. The fourth-order valence-corrected chi connectivity index (χ4v) is 4.47. The van der Waals surface area contributed by atoms with Gasteiger partial charge in [0.25, 0.3) is 0 Å². The molecule has 208 valence electrons. The van der Waals surface area contributed by atoms with Crippen LogP contribution in [0.15, 0.2) is 78.9 Å². The number of aryl methyl sites for hydroxylation is 2. The molecule has 40 heavy (non-hydrogen) atoms. The lowest BCUT2D eigenvalue weighted by Gasteiger charge is -2.24. The number of nitrogens with zero attached hydrogens (tertiary/aromatic N) is 3. The lowest BCUT2D eigenvalue weighted by molar-refractivity contribution is -0.116. The van der Waals surface area contributed by atoms with E-state index in [1.54, 1.807) is 28.9 Å². The third-order valence-electron chi connectivity index (χ3n) is 6.28. The van der Waals surface area contributed by atoms with Crippen LogP contribution < -0.4 is 15.4 Å². The predicted octanol–water partition coefficient (Wildman–Crippen LogP) is 6.68. The number of hydrogen-bond donors (Lipinski definition) is 2. The Morgan fingerprint density at radius 2 is 1.60 bits per heavy atom. The molecule has 4 aromatic rings. The third kappa shape index (κ3) is 7.08. The summed E-state index contributed by atoms with van der Waals surface area (Å²) in [7, 11) is 0. The molecule has 0 spiro atoms. The van der Waals surface area contributed by atoms with E-state index >= 15 is 0 Å². The number of rotatable bonds is 10. The van der Waals surface area contributed by atoms with Crippen LogP contribution in [0, 0.1) is 19.8 Å². The van der Waals surface area contributed by atoms with Crippen LogP contribution >= 0.6 is 0 Å². The van der Waals surface area contributed by atoms with Gasteiger partial charge in [-0.15, -0.1) is 0 Å². The first-order valence-electron chi connectivity index (χ1n) is 13.6. The summed E-state index contributed by atoms with van der Waals surface area (Å²) >= 11 is 0. The number of ether oxygens (including phenoxy) is 1. The van der Waals surface area contributed by atoms with Crippen LogP contribution in [0.3, 0.4) is 0 Å². The molecular weight excluding hydrogens is 502 g/mol. The van der Waals surface area contributed by atoms with Crippen molar-refractivity contribution in [3.8, 4) is 22.6 Å². The molecule has 1 aromatic heterocycles. The number of hydrogen-bond acceptors (Lipinski definition) is 4. The van der Waals surface area contributed by atoms with E-state index < -0.39 is 0 Å². The highest BCUT2D eigenvalue weighted by Crippen LogP contribution is 2.33. The third-order valence-corrected chi connectivity index (χ3v) is 6.28. The van der Waals surface area contributed by atoms with Crippen molar-refractivity contribution < 1.29 is 14.3 Å². The minimum Gasteiger partial charge on any atom is -0.494 e. The summed E-state index contributed by atoms with van der Waals surface area (Å²) in [6, 6.07) is 24.7. The first-order valence-corrected chi connectivity index (χ1v) is 13.6. The van der Waals surface area contributed by atoms with E-state index in [1.807, 2.05) is 89.2 Å². The van der Waals surface area contributed by atoms with Crippen molar-refractivity contribution in [2.24, 2.45) is 5.92 Å². The second-order valence-corrected chi connectivity index (χ2v) is 10.1. The molecular formula is C32H37N5O3. The summed E-state index contributed by atoms with van der Waals surface area (Å²) in [4.78, 5) is 28.3. The molecule has 0 atom stereocenters. The van der Waals surface area contributed by atoms with Crippen LogP contribution in [0.2, 0.25) is 0 Å². The van der Waals surface area contributed by atoms with Gasteiger partial charge in [-0.05, 0) is 68.7 Å². The summed E-state index contributed by atoms with van der Waals surface area (Å²) in [5.41, 5.74) is 5.16. The van der Waals surface area contributed by atoms with Gasteiger partial charge in [0.05, 0.1) is 18.0 Å². The molecule has 3 amide bonds. The number of carbonyl (C=O) groups excluding carboxylic acids is 2. The van der Waals surface area contributed by atoms with Crippen LogP contribution in [0.4, 0.5) is 16.3 Å². The Morgan fingerprint density at radius 3 is 2.23 bits per heavy atom. The monoisotopic (exact) mass is 539 g/mol. The SMILES string of the molecule is CCOc1ccc(NC(=O)N(CC(=O)Nc2c(-c3ccccc3)c(C)nn2-c2ccc(C)cc2)CC(C)C)cc1. The quantitative estimate of drug-likeness (QED) is 0.235. The van der Waals surface area contributed by atoms with E-state index in [-0.39, 0.29) is 24.4 Å². The lowest BCUT2D eigenvalue weighted by atomic mass is 10.1. The van der Waals surface area contributed by atoms with Crippen LogP contribution in [0.5, 0.6) is 5.75 Å². The molecule has 0 saturated carbocycles. The normalized spacial score (nSPS) is 10.8. The van der Waals surface area contributed by atoms with Crippen molar-refractivity contribution in [3.63, 3.8) is 0 Å². The van der Waals surface area contributed by atoms with Gasteiger partial charge in [-0.1, -0.05) is 61.9 Å². The van der Waals surface area contributed by atoms with Crippen molar-refractivity contribution >= 4 is 23.4 Å². The van der Waals surface area contributed by atoms with E-state index in [4.69, 9.17) is 9.84 Å². The maximum Gasteiger partial charge on any atom is 0.322 e. The maximum atomic E-state index is 13.5. The standard InChI is InChI=1S/C32H37N5O3/c1-6-40-28-18-14-26(15-19-28)33-32(39)36(20-22(2)3)21-29(38)34-31-30(25-10-8-7-9-11-25)24(5)35-37(31)27-16-12-23(4)13-17-27/h7-19,22H,6,20-21H2,1-5H3,(H,33,39)(H,34,38). The lowest BCUT2D eigenvalue weighted by Crippen LogP contribution is -2.42. The maximum absolute atomic E-state index is 13.5. The van der Waals surface area contributed by atoms with Gasteiger partial charge in [0.15, 0.2) is 0 Å². The van der Waals surface area contributed by atoms with Gasteiger partial charge in [-0.25, -0.2) is 9.48 Å². The molecule has 0 unspecified atom stereocenters. The minimum atomic E-state index is -0.348. The van der Waals surface area contributed by atoms with Gasteiger partial charge in [0.2, 0.25) is 5.91 Å². The first kappa shape index (κ1) is 28.4. The zero-order chi connectivity index (χ0) is 28.6. The van der Waals surface area contributed by atoms with Gasteiger partial charge < -0.3 is 20.3 Å². The molecule has 2 N–H and O–H groups in total. The van der Waals surface area contributed by atoms with Crippen molar-refractivity contribution in [2.75, 3.05) is 30.3 Å². The van der Waals surface area contributed by atoms with Gasteiger partial charge in [0, 0.05) is 17.8 Å². The number of anilines is 2. The summed E-state index contributed by atoms with van der Waals surface area (Å²) in [5, 5.41) is 10.8. The van der Waals surface area contributed by atoms with E-state index in [1.165, 1.54) is 4.90 Å². The number of urea groups is 1. The van der Waals surface area contributed by atoms with Crippen LogP contribution in [0.1, 0.15) is 32.0 Å². The highest BCUT2D eigenvalue weighted by molar-refractivity contribution is 5.99. The van der Waals surface area contributed by atoms with E-state index in [9.17, 15) is 9.59 Å². The largest absolute Gasteiger partial charge is 0.494 e. The molecule has 0 aliphatic carbocycles. The van der Waals surface area contributed by atoms with Crippen molar-refractivity contribution in [2.45, 2.75) is 34.6 Å². The topological polar surface area (TPSA) is 88.5 Å². The fourth-order valence-electron chi connectivity index (χ4n) is 4.47. The van der Waals surface area contributed by atoms with E-state index in [0.29, 0.717) is 24.7 Å². The second kappa shape index (κ2) is 13.0. The minimum absolute atomic E-state index is 0.118. The number of benzene rings is 3. The van der Waals surface area contributed by atoms with Crippen LogP contribution in [-0.2, 0) is 4.79 Å². The predicted molar refractivity (Wildman–Crippen MR) is 160 cm³/mol. The Kier molecular flexibility index (Phi) is 9.22.